The Hall–Kier alpha value is -0.660. The van der Waals surface area contributed by atoms with Gasteiger partial charge in [0.2, 0.25) is 10.0 Å². The summed E-state index contributed by atoms with van der Waals surface area (Å²) in [4.78, 5) is 0. The summed E-state index contributed by atoms with van der Waals surface area (Å²) in [6, 6.07) is 7.06. The molecule has 1 atom stereocenters. The molecule has 0 saturated heterocycles. The Balaban J connectivity index is 2.30. The van der Waals surface area contributed by atoms with Crippen molar-refractivity contribution in [1.29, 1.82) is 0 Å². The molecule has 102 valence electrons. The Morgan fingerprint density at radius 3 is 2.61 bits per heavy atom. The van der Waals surface area contributed by atoms with Crippen LogP contribution in [0.1, 0.15) is 11.7 Å². The molecule has 0 bridgehead atoms. The first-order valence-corrected chi connectivity index (χ1v) is 7.75. The first kappa shape index (κ1) is 15.4. The van der Waals surface area contributed by atoms with Gasteiger partial charge in [-0.3, -0.25) is 0 Å². The fourth-order valence-corrected chi connectivity index (χ4v) is 2.15. The van der Waals surface area contributed by atoms with Crippen molar-refractivity contribution in [3.8, 4) is 0 Å². The van der Waals surface area contributed by atoms with Gasteiger partial charge in [-0.15, -0.1) is 0 Å². The minimum absolute atomic E-state index is 0.286. The van der Waals surface area contributed by atoms with Crippen molar-refractivity contribution >= 4 is 21.6 Å². The van der Waals surface area contributed by atoms with Crippen LogP contribution in [-0.2, 0) is 10.0 Å². The van der Waals surface area contributed by atoms with Crippen molar-refractivity contribution in [1.82, 2.24) is 10.0 Å². The van der Waals surface area contributed by atoms with Crippen LogP contribution in [0.4, 0.5) is 0 Å². The highest BCUT2D eigenvalue weighted by atomic mass is 35.5. The number of sulfonamides is 1. The molecule has 0 radical (unpaired) electrons. The van der Waals surface area contributed by atoms with Crippen molar-refractivity contribution in [2.24, 2.45) is 0 Å². The predicted octanol–water partition coefficient (Wildman–Crippen LogP) is 0.512. The molecule has 7 heteroatoms. The van der Waals surface area contributed by atoms with Crippen LogP contribution < -0.4 is 10.0 Å². The van der Waals surface area contributed by atoms with Crippen LogP contribution in [-0.4, -0.2) is 39.4 Å². The minimum Gasteiger partial charge on any atom is -0.387 e. The van der Waals surface area contributed by atoms with Gasteiger partial charge < -0.3 is 10.4 Å². The zero-order chi connectivity index (χ0) is 13.6. The molecule has 0 saturated carbocycles. The van der Waals surface area contributed by atoms with Gasteiger partial charge in [-0.2, -0.15) is 0 Å². The Labute approximate surface area is 112 Å². The van der Waals surface area contributed by atoms with Gasteiger partial charge >= 0.3 is 0 Å². The standard InChI is InChI=1S/C11H17ClN2O3S/c1-18(16,17)14-7-6-13-8-11(15)9-4-2-3-5-10(9)12/h2-5,11,13-15H,6-8H2,1H3. The van der Waals surface area contributed by atoms with Crippen molar-refractivity contribution in [3.63, 3.8) is 0 Å². The highest BCUT2D eigenvalue weighted by Crippen LogP contribution is 2.21. The predicted molar refractivity (Wildman–Crippen MR) is 72.1 cm³/mol. The molecular weight excluding hydrogens is 276 g/mol. The van der Waals surface area contributed by atoms with Crippen LogP contribution in [0.2, 0.25) is 5.02 Å². The van der Waals surface area contributed by atoms with Gasteiger partial charge in [0, 0.05) is 30.2 Å². The number of aliphatic hydroxyl groups excluding tert-OH is 1. The molecule has 18 heavy (non-hydrogen) atoms. The maximum atomic E-state index is 10.8. The fourth-order valence-electron chi connectivity index (χ4n) is 1.42. The van der Waals surface area contributed by atoms with Crippen LogP contribution in [0.3, 0.4) is 0 Å². The van der Waals surface area contributed by atoms with E-state index in [9.17, 15) is 13.5 Å². The summed E-state index contributed by atoms with van der Waals surface area (Å²) in [7, 11) is -3.16. The van der Waals surface area contributed by atoms with E-state index in [4.69, 9.17) is 11.6 Å². The van der Waals surface area contributed by atoms with Crippen molar-refractivity contribution in [2.75, 3.05) is 25.9 Å². The zero-order valence-electron chi connectivity index (χ0n) is 10.1. The number of benzene rings is 1. The lowest BCUT2D eigenvalue weighted by atomic mass is 10.1. The van der Waals surface area contributed by atoms with E-state index in [1.54, 1.807) is 24.3 Å². The monoisotopic (exact) mass is 292 g/mol. The van der Waals surface area contributed by atoms with Gasteiger partial charge in [0.25, 0.3) is 0 Å². The maximum Gasteiger partial charge on any atom is 0.208 e. The average molecular weight is 293 g/mol. The van der Waals surface area contributed by atoms with Crippen LogP contribution in [0, 0.1) is 0 Å². The second kappa shape index (κ2) is 7.06. The second-order valence-corrected chi connectivity index (χ2v) is 6.15. The molecule has 0 amide bonds. The Kier molecular flexibility index (Phi) is 6.04. The quantitative estimate of drug-likeness (QED) is 0.640. The summed E-state index contributed by atoms with van der Waals surface area (Å²) in [5.41, 5.74) is 0.655. The molecule has 1 aromatic rings. The lowest BCUT2D eigenvalue weighted by molar-refractivity contribution is 0.175. The Morgan fingerprint density at radius 2 is 2.00 bits per heavy atom. The molecule has 1 unspecified atom stereocenters. The molecule has 0 aromatic heterocycles. The minimum atomic E-state index is -3.16. The average Bonchev–Trinajstić information content (AvgIpc) is 2.27. The van der Waals surface area contributed by atoms with E-state index in [1.165, 1.54) is 0 Å². The largest absolute Gasteiger partial charge is 0.387 e. The summed E-state index contributed by atoms with van der Waals surface area (Å²) in [6.07, 6.45) is 0.392. The number of nitrogens with one attached hydrogen (secondary N) is 2. The van der Waals surface area contributed by atoms with Crippen LogP contribution in [0.5, 0.6) is 0 Å². The summed E-state index contributed by atoms with van der Waals surface area (Å²) in [5, 5.41) is 13.3. The van der Waals surface area contributed by atoms with E-state index in [-0.39, 0.29) is 6.54 Å². The molecule has 0 aliphatic carbocycles. The lowest BCUT2D eigenvalue weighted by Gasteiger charge is -2.13. The third-order valence-electron chi connectivity index (χ3n) is 2.27. The topological polar surface area (TPSA) is 78.4 Å². The molecule has 3 N–H and O–H groups in total. The lowest BCUT2D eigenvalue weighted by Crippen LogP contribution is -2.32. The van der Waals surface area contributed by atoms with Gasteiger partial charge in [-0.25, -0.2) is 13.1 Å². The highest BCUT2D eigenvalue weighted by molar-refractivity contribution is 7.88. The van der Waals surface area contributed by atoms with Crippen molar-refractivity contribution in [2.45, 2.75) is 6.10 Å². The molecule has 5 nitrogen and oxygen atoms in total. The van der Waals surface area contributed by atoms with Gasteiger partial charge in [-0.1, -0.05) is 29.8 Å². The third-order valence-corrected chi connectivity index (χ3v) is 3.34. The molecule has 1 rings (SSSR count). The van der Waals surface area contributed by atoms with E-state index < -0.39 is 16.1 Å². The Bertz CT molecular complexity index is 479. The van der Waals surface area contributed by atoms with E-state index in [2.05, 4.69) is 10.0 Å². The molecule has 0 fully saturated rings. The number of hydrogen-bond acceptors (Lipinski definition) is 4. The van der Waals surface area contributed by atoms with Crippen LogP contribution >= 0.6 is 11.6 Å². The van der Waals surface area contributed by atoms with Gasteiger partial charge in [0.15, 0.2) is 0 Å². The van der Waals surface area contributed by atoms with Crippen LogP contribution in [0.15, 0.2) is 24.3 Å². The summed E-state index contributed by atoms with van der Waals surface area (Å²) < 4.78 is 23.9. The smallest absolute Gasteiger partial charge is 0.208 e. The van der Waals surface area contributed by atoms with Crippen molar-refractivity contribution < 1.29 is 13.5 Å². The molecule has 0 aliphatic heterocycles. The van der Waals surface area contributed by atoms with E-state index in [1.807, 2.05) is 0 Å². The number of aliphatic hydroxyl groups is 1. The number of rotatable bonds is 7. The highest BCUT2D eigenvalue weighted by Gasteiger charge is 2.10. The van der Waals surface area contributed by atoms with Gasteiger partial charge in [0.05, 0.1) is 12.4 Å². The van der Waals surface area contributed by atoms with Gasteiger partial charge in [0.1, 0.15) is 0 Å². The van der Waals surface area contributed by atoms with E-state index in [0.29, 0.717) is 23.7 Å². The van der Waals surface area contributed by atoms with Crippen LogP contribution in [0.25, 0.3) is 0 Å². The zero-order valence-corrected chi connectivity index (χ0v) is 11.6. The normalized spacial score (nSPS) is 13.5. The molecule has 0 heterocycles. The molecule has 0 spiro atoms. The summed E-state index contributed by atoms with van der Waals surface area (Å²) >= 11 is 5.94. The Morgan fingerprint density at radius 1 is 1.33 bits per heavy atom. The first-order valence-electron chi connectivity index (χ1n) is 5.48. The summed E-state index contributed by atoms with van der Waals surface area (Å²) in [6.45, 7) is 1.04. The summed E-state index contributed by atoms with van der Waals surface area (Å²) in [5.74, 6) is 0. The fraction of sp³-hybridized carbons (Fsp3) is 0.455. The number of hydrogen-bond donors (Lipinski definition) is 3. The number of halogens is 1. The third kappa shape index (κ3) is 5.79. The molecule has 1 aromatic carbocycles. The van der Waals surface area contributed by atoms with Crippen molar-refractivity contribution in [3.05, 3.63) is 34.9 Å². The van der Waals surface area contributed by atoms with Gasteiger partial charge in [-0.05, 0) is 6.07 Å². The van der Waals surface area contributed by atoms with E-state index in [0.717, 1.165) is 6.26 Å². The maximum absolute atomic E-state index is 10.8. The SMILES string of the molecule is CS(=O)(=O)NCCNCC(O)c1ccccc1Cl. The first-order chi connectivity index (χ1) is 8.40. The second-order valence-electron chi connectivity index (χ2n) is 3.91. The van der Waals surface area contributed by atoms with E-state index >= 15 is 0 Å². The molecule has 0 aliphatic rings. The molecular formula is C11H17ClN2O3S.